The number of likely N-dealkylation sites (tertiary alicyclic amines) is 1. The summed E-state index contributed by atoms with van der Waals surface area (Å²) in [5, 5.41) is 8.77. The lowest BCUT2D eigenvalue weighted by molar-refractivity contribution is 0.220. The summed E-state index contributed by atoms with van der Waals surface area (Å²) in [5.41, 5.74) is 1.37. The molecule has 2 aromatic heterocycles. The predicted octanol–water partition coefficient (Wildman–Crippen LogP) is 2.12. The minimum absolute atomic E-state index is 0.151. The third-order valence-electron chi connectivity index (χ3n) is 4.61. The summed E-state index contributed by atoms with van der Waals surface area (Å²) in [7, 11) is 0. The molecule has 0 spiro atoms. The second-order valence-corrected chi connectivity index (χ2v) is 6.73. The lowest BCUT2D eigenvalue weighted by Crippen LogP contribution is -2.34. The molecule has 130 valence electrons. The molecule has 8 heteroatoms. The molecule has 3 aromatic rings. The summed E-state index contributed by atoms with van der Waals surface area (Å²) in [4.78, 5) is 19.5. The third-order valence-corrected chi connectivity index (χ3v) is 4.86. The maximum atomic E-state index is 12.7. The molecule has 1 saturated heterocycles. The van der Waals surface area contributed by atoms with Gasteiger partial charge in [0.05, 0.1) is 5.69 Å². The Morgan fingerprint density at radius 3 is 2.56 bits per heavy atom. The van der Waals surface area contributed by atoms with Crippen LogP contribution in [0.1, 0.15) is 19.3 Å². The first-order chi connectivity index (χ1) is 12.2. The normalized spacial score (nSPS) is 15.7. The van der Waals surface area contributed by atoms with Gasteiger partial charge < -0.3 is 4.90 Å². The highest BCUT2D eigenvalue weighted by Gasteiger charge is 2.15. The summed E-state index contributed by atoms with van der Waals surface area (Å²) in [6.45, 7) is 3.70. The first kappa shape index (κ1) is 16.2. The minimum atomic E-state index is -0.151. The number of nitrogens with zero attached hydrogens (tertiary/aromatic N) is 6. The zero-order valence-corrected chi connectivity index (χ0v) is 14.6. The lowest BCUT2D eigenvalue weighted by Gasteiger charge is -2.26. The summed E-state index contributed by atoms with van der Waals surface area (Å²) in [5.74, 6) is 0. The number of piperidine rings is 1. The quantitative estimate of drug-likeness (QED) is 0.714. The van der Waals surface area contributed by atoms with Gasteiger partial charge in [-0.15, -0.1) is 5.10 Å². The molecular weight excluding hydrogens is 340 g/mol. The van der Waals surface area contributed by atoms with Crippen LogP contribution in [0, 0.1) is 0 Å². The molecule has 3 heterocycles. The van der Waals surface area contributed by atoms with Crippen molar-refractivity contribution < 1.29 is 0 Å². The van der Waals surface area contributed by atoms with E-state index in [9.17, 15) is 4.79 Å². The van der Waals surface area contributed by atoms with Crippen LogP contribution in [0.25, 0.3) is 16.9 Å². The molecule has 25 heavy (non-hydrogen) atoms. The number of hydrogen-bond donors (Lipinski definition) is 0. The highest BCUT2D eigenvalue weighted by molar-refractivity contribution is 6.30. The van der Waals surface area contributed by atoms with E-state index in [0.717, 1.165) is 25.3 Å². The Morgan fingerprint density at radius 1 is 1.04 bits per heavy atom. The maximum absolute atomic E-state index is 12.7. The Labute approximate surface area is 149 Å². The second kappa shape index (κ2) is 6.93. The van der Waals surface area contributed by atoms with Gasteiger partial charge in [-0.1, -0.05) is 23.2 Å². The monoisotopic (exact) mass is 358 g/mol. The molecular formula is C17H19ClN6O. The van der Waals surface area contributed by atoms with Crippen molar-refractivity contribution in [3.63, 3.8) is 0 Å². The van der Waals surface area contributed by atoms with Crippen molar-refractivity contribution in [3.8, 4) is 5.69 Å². The fraction of sp³-hybridized carbons (Fsp3) is 0.412. The fourth-order valence-corrected chi connectivity index (χ4v) is 3.32. The van der Waals surface area contributed by atoms with E-state index in [1.54, 1.807) is 27.7 Å². The number of fused-ring (bicyclic) bond motifs is 1. The van der Waals surface area contributed by atoms with Gasteiger partial charge in [-0.05, 0) is 50.2 Å². The van der Waals surface area contributed by atoms with Crippen molar-refractivity contribution in [2.75, 3.05) is 19.6 Å². The molecule has 0 radical (unpaired) electrons. The summed E-state index contributed by atoms with van der Waals surface area (Å²) >= 11 is 5.92. The van der Waals surface area contributed by atoms with Crippen molar-refractivity contribution in [2.45, 2.75) is 25.8 Å². The van der Waals surface area contributed by atoms with E-state index >= 15 is 0 Å². The number of rotatable bonds is 4. The van der Waals surface area contributed by atoms with Crippen LogP contribution in [0.5, 0.6) is 0 Å². The fourth-order valence-electron chi connectivity index (χ4n) is 3.19. The van der Waals surface area contributed by atoms with Crippen molar-refractivity contribution in [1.29, 1.82) is 0 Å². The summed E-state index contributed by atoms with van der Waals surface area (Å²) in [6.07, 6.45) is 5.37. The number of hydrogen-bond acceptors (Lipinski definition) is 5. The van der Waals surface area contributed by atoms with Crippen LogP contribution in [0.4, 0.5) is 0 Å². The largest absolute Gasteiger partial charge is 0.302 e. The number of benzene rings is 1. The van der Waals surface area contributed by atoms with Crippen LogP contribution < -0.4 is 5.56 Å². The maximum Gasteiger partial charge on any atom is 0.283 e. The lowest BCUT2D eigenvalue weighted by atomic mass is 10.1. The Kier molecular flexibility index (Phi) is 4.50. The molecule has 4 rings (SSSR count). The van der Waals surface area contributed by atoms with Gasteiger partial charge in [-0.3, -0.25) is 9.36 Å². The van der Waals surface area contributed by atoms with Gasteiger partial charge in [-0.25, -0.2) is 4.98 Å². The van der Waals surface area contributed by atoms with Crippen LogP contribution in [-0.4, -0.2) is 49.1 Å². The number of aromatic nitrogens is 5. The molecule has 0 unspecified atom stereocenters. The molecule has 1 aliphatic rings. The Hall–Kier alpha value is -2.25. The van der Waals surface area contributed by atoms with E-state index in [-0.39, 0.29) is 11.1 Å². The van der Waals surface area contributed by atoms with Gasteiger partial charge in [0.2, 0.25) is 0 Å². The Bertz CT molecular complexity index is 926. The first-order valence-corrected chi connectivity index (χ1v) is 8.89. The van der Waals surface area contributed by atoms with Crippen LogP contribution in [0.2, 0.25) is 5.02 Å². The van der Waals surface area contributed by atoms with Gasteiger partial charge in [0.25, 0.3) is 5.56 Å². The SMILES string of the molecule is O=c1c2nnn(-c3ccc(Cl)cc3)c2ncn1CCN1CCCCC1. The van der Waals surface area contributed by atoms with Crippen LogP contribution in [0.3, 0.4) is 0 Å². The van der Waals surface area contributed by atoms with Gasteiger partial charge in [0.1, 0.15) is 6.33 Å². The van der Waals surface area contributed by atoms with Crippen LogP contribution in [0.15, 0.2) is 35.4 Å². The van der Waals surface area contributed by atoms with Crippen LogP contribution >= 0.6 is 11.6 Å². The second-order valence-electron chi connectivity index (χ2n) is 6.30. The molecule has 1 aromatic carbocycles. The van der Waals surface area contributed by atoms with E-state index in [1.165, 1.54) is 19.3 Å². The molecule has 0 bridgehead atoms. The molecule has 0 atom stereocenters. The van der Waals surface area contributed by atoms with Crippen molar-refractivity contribution in [3.05, 3.63) is 46.0 Å². The topological polar surface area (TPSA) is 68.8 Å². The van der Waals surface area contributed by atoms with Gasteiger partial charge in [0, 0.05) is 18.1 Å². The van der Waals surface area contributed by atoms with Crippen molar-refractivity contribution in [1.82, 2.24) is 29.4 Å². The average Bonchev–Trinajstić information content (AvgIpc) is 3.08. The zero-order valence-electron chi connectivity index (χ0n) is 13.8. The molecule has 1 fully saturated rings. The third kappa shape index (κ3) is 3.29. The number of halogens is 1. The highest BCUT2D eigenvalue weighted by Crippen LogP contribution is 2.15. The van der Waals surface area contributed by atoms with E-state index in [0.29, 0.717) is 17.2 Å². The van der Waals surface area contributed by atoms with Gasteiger partial charge >= 0.3 is 0 Å². The molecule has 0 amide bonds. The minimum Gasteiger partial charge on any atom is -0.302 e. The van der Waals surface area contributed by atoms with Crippen LogP contribution in [-0.2, 0) is 6.54 Å². The standard InChI is InChI=1S/C17H19ClN6O/c18-13-4-6-14(7-5-13)24-16-15(20-21-24)17(25)23(12-19-16)11-10-22-8-2-1-3-9-22/h4-7,12H,1-3,8-11H2. The Balaban J connectivity index is 1.60. The van der Waals surface area contributed by atoms with Crippen molar-refractivity contribution >= 4 is 22.8 Å². The predicted molar refractivity (Wildman–Crippen MR) is 96.2 cm³/mol. The molecule has 0 N–H and O–H groups in total. The van der Waals surface area contributed by atoms with Gasteiger partial charge in [0.15, 0.2) is 11.2 Å². The summed E-state index contributed by atoms with van der Waals surface area (Å²) in [6, 6.07) is 7.18. The first-order valence-electron chi connectivity index (χ1n) is 8.51. The van der Waals surface area contributed by atoms with E-state index in [1.807, 2.05) is 12.1 Å². The zero-order chi connectivity index (χ0) is 17.2. The summed E-state index contributed by atoms with van der Waals surface area (Å²) < 4.78 is 3.18. The van der Waals surface area contributed by atoms with E-state index in [2.05, 4.69) is 20.2 Å². The smallest absolute Gasteiger partial charge is 0.283 e. The molecule has 0 aliphatic carbocycles. The average molecular weight is 359 g/mol. The van der Waals surface area contributed by atoms with Crippen molar-refractivity contribution in [2.24, 2.45) is 0 Å². The van der Waals surface area contributed by atoms with Gasteiger partial charge in [-0.2, -0.15) is 4.68 Å². The highest BCUT2D eigenvalue weighted by atomic mass is 35.5. The van der Waals surface area contributed by atoms with E-state index < -0.39 is 0 Å². The molecule has 7 nitrogen and oxygen atoms in total. The Morgan fingerprint density at radius 2 is 1.80 bits per heavy atom. The van der Waals surface area contributed by atoms with E-state index in [4.69, 9.17) is 11.6 Å². The molecule has 1 aliphatic heterocycles. The molecule has 0 saturated carbocycles.